The third kappa shape index (κ3) is 4.98. The number of aliphatic imine (C=N–C) groups is 1. The number of hydrogen-bond acceptors (Lipinski definition) is 5. The van der Waals surface area contributed by atoms with E-state index in [4.69, 9.17) is 0 Å². The van der Waals surface area contributed by atoms with E-state index in [-0.39, 0.29) is 5.92 Å². The predicted octanol–water partition coefficient (Wildman–Crippen LogP) is 4.17. The Hall–Kier alpha value is -2.03. The Kier molecular flexibility index (Phi) is 7.10. The van der Waals surface area contributed by atoms with Crippen LogP contribution in [0, 0.1) is 18.3 Å². The molecule has 2 rings (SSSR count). The summed E-state index contributed by atoms with van der Waals surface area (Å²) in [6.45, 7) is 9.90. The first-order valence-electron chi connectivity index (χ1n) is 8.28. The highest BCUT2D eigenvalue weighted by atomic mass is 32.1. The molecule has 1 aromatic carbocycles. The Balaban J connectivity index is 2.07. The molecule has 5 heteroatoms. The molecule has 1 atom stereocenters. The van der Waals surface area contributed by atoms with Crippen LogP contribution in [-0.2, 0) is 13.1 Å². The van der Waals surface area contributed by atoms with Gasteiger partial charge >= 0.3 is 0 Å². The van der Waals surface area contributed by atoms with E-state index in [1.54, 1.807) is 6.21 Å². The molecule has 0 fully saturated rings. The first-order valence-corrected chi connectivity index (χ1v) is 9.16. The molecular weight excluding hydrogens is 316 g/mol. The third-order valence-electron chi connectivity index (χ3n) is 3.96. The Morgan fingerprint density at radius 3 is 2.58 bits per heavy atom. The molecule has 0 amide bonds. The fraction of sp³-hybridized carbons (Fsp3) is 0.421. The number of aryl methyl sites for hydroxylation is 1. The molecule has 1 aromatic heterocycles. The Morgan fingerprint density at radius 1 is 1.29 bits per heavy atom. The van der Waals surface area contributed by atoms with E-state index in [2.05, 4.69) is 53.0 Å². The van der Waals surface area contributed by atoms with E-state index in [0.29, 0.717) is 6.54 Å². The van der Waals surface area contributed by atoms with Crippen molar-refractivity contribution in [2.75, 3.05) is 13.1 Å². The Morgan fingerprint density at radius 2 is 2.00 bits per heavy atom. The highest BCUT2D eigenvalue weighted by molar-refractivity contribution is 7.09. The molecule has 0 aliphatic carbocycles. The van der Waals surface area contributed by atoms with E-state index in [1.165, 1.54) is 22.5 Å². The molecule has 1 heterocycles. The van der Waals surface area contributed by atoms with E-state index in [9.17, 15) is 5.26 Å². The molecule has 1 unspecified atom stereocenters. The van der Waals surface area contributed by atoms with Crippen LogP contribution >= 0.6 is 11.3 Å². The monoisotopic (exact) mass is 340 g/mol. The minimum Gasteiger partial charge on any atom is -0.300 e. The van der Waals surface area contributed by atoms with Gasteiger partial charge in [-0.1, -0.05) is 38.1 Å². The second-order valence-electron chi connectivity index (χ2n) is 5.65. The third-order valence-corrected chi connectivity index (χ3v) is 5.01. The van der Waals surface area contributed by atoms with Gasteiger partial charge in [0.05, 0.1) is 12.6 Å². The molecule has 24 heavy (non-hydrogen) atoms. The molecule has 0 N–H and O–H groups in total. The van der Waals surface area contributed by atoms with Crippen molar-refractivity contribution in [3.63, 3.8) is 0 Å². The molecule has 0 saturated carbocycles. The van der Waals surface area contributed by atoms with Crippen LogP contribution in [0.25, 0.3) is 0 Å². The van der Waals surface area contributed by atoms with Crippen LogP contribution in [0.3, 0.4) is 0 Å². The second-order valence-corrected chi connectivity index (χ2v) is 6.54. The number of rotatable bonds is 8. The van der Waals surface area contributed by atoms with E-state index >= 15 is 0 Å². The van der Waals surface area contributed by atoms with Gasteiger partial charge in [-0.2, -0.15) is 5.26 Å². The van der Waals surface area contributed by atoms with Crippen molar-refractivity contribution in [3.8, 4) is 6.07 Å². The quantitative estimate of drug-likeness (QED) is 0.678. The van der Waals surface area contributed by atoms with Crippen LogP contribution in [-0.4, -0.2) is 29.2 Å². The number of benzene rings is 1. The summed E-state index contributed by atoms with van der Waals surface area (Å²) in [5.41, 5.74) is 3.47. The second kappa shape index (κ2) is 9.31. The van der Waals surface area contributed by atoms with Gasteiger partial charge in [0, 0.05) is 23.8 Å². The number of thiazole rings is 1. The molecule has 0 radical (unpaired) electrons. The highest BCUT2D eigenvalue weighted by Gasteiger charge is 2.11. The maximum absolute atomic E-state index is 9.34. The van der Waals surface area contributed by atoms with E-state index in [0.717, 1.165) is 30.3 Å². The SMILES string of the molecule is CCN(CC)Cc1ccccc1CN=CC(C#N)c1nc(C)cs1. The average molecular weight is 340 g/mol. The maximum Gasteiger partial charge on any atom is 0.133 e. The lowest BCUT2D eigenvalue weighted by molar-refractivity contribution is 0.295. The lowest BCUT2D eigenvalue weighted by Gasteiger charge is -2.19. The van der Waals surface area contributed by atoms with Gasteiger partial charge in [0.1, 0.15) is 10.9 Å². The normalized spacial score (nSPS) is 12.6. The topological polar surface area (TPSA) is 52.3 Å². The van der Waals surface area contributed by atoms with Crippen LogP contribution in [0.2, 0.25) is 0 Å². The molecular formula is C19H24N4S. The molecule has 0 saturated heterocycles. The van der Waals surface area contributed by atoms with Gasteiger partial charge in [0.15, 0.2) is 0 Å². The van der Waals surface area contributed by atoms with Gasteiger partial charge in [-0.15, -0.1) is 11.3 Å². The minimum absolute atomic E-state index is 0.362. The molecule has 0 aliphatic rings. The minimum atomic E-state index is -0.362. The Bertz CT molecular complexity index is 710. The lowest BCUT2D eigenvalue weighted by Crippen LogP contribution is -2.22. The average Bonchev–Trinajstić information content (AvgIpc) is 3.03. The summed E-state index contributed by atoms with van der Waals surface area (Å²) in [6, 6.07) is 10.7. The van der Waals surface area contributed by atoms with Gasteiger partial charge in [0.2, 0.25) is 0 Å². The standard InChI is InChI=1S/C19H24N4S/c1-4-23(5-2)13-17-9-7-6-8-16(17)11-21-12-18(10-20)19-22-15(3)14-24-19/h6-9,12,14,18H,4-5,11,13H2,1-3H3. The van der Waals surface area contributed by atoms with Crippen molar-refractivity contribution < 1.29 is 0 Å². The van der Waals surface area contributed by atoms with Gasteiger partial charge in [-0.3, -0.25) is 9.89 Å². The summed E-state index contributed by atoms with van der Waals surface area (Å²) in [6.07, 6.45) is 1.73. The molecule has 0 aliphatic heterocycles. The van der Waals surface area contributed by atoms with Crippen molar-refractivity contribution in [2.45, 2.75) is 39.8 Å². The largest absolute Gasteiger partial charge is 0.300 e. The van der Waals surface area contributed by atoms with Crippen molar-refractivity contribution in [2.24, 2.45) is 4.99 Å². The number of hydrogen-bond donors (Lipinski definition) is 0. The molecule has 2 aromatic rings. The van der Waals surface area contributed by atoms with Crippen molar-refractivity contribution in [1.82, 2.24) is 9.88 Å². The van der Waals surface area contributed by atoms with Gasteiger partial charge in [-0.25, -0.2) is 4.98 Å². The highest BCUT2D eigenvalue weighted by Crippen LogP contribution is 2.19. The maximum atomic E-state index is 9.34. The molecule has 4 nitrogen and oxygen atoms in total. The zero-order valence-corrected chi connectivity index (χ0v) is 15.4. The Labute approximate surface area is 148 Å². The summed E-state index contributed by atoms with van der Waals surface area (Å²) in [7, 11) is 0. The summed E-state index contributed by atoms with van der Waals surface area (Å²) >= 11 is 1.51. The first kappa shape index (κ1) is 18.3. The number of aromatic nitrogens is 1. The summed E-state index contributed by atoms with van der Waals surface area (Å²) in [5.74, 6) is -0.362. The van der Waals surface area contributed by atoms with Crippen LogP contribution in [0.4, 0.5) is 0 Å². The molecule has 126 valence electrons. The van der Waals surface area contributed by atoms with Crippen LogP contribution in [0.1, 0.15) is 41.6 Å². The smallest absolute Gasteiger partial charge is 0.133 e. The van der Waals surface area contributed by atoms with Gasteiger partial charge in [0.25, 0.3) is 0 Å². The predicted molar refractivity (Wildman–Crippen MR) is 100 cm³/mol. The summed E-state index contributed by atoms with van der Waals surface area (Å²) in [4.78, 5) is 11.3. The zero-order valence-electron chi connectivity index (χ0n) is 14.6. The number of nitriles is 1. The zero-order chi connectivity index (χ0) is 17.4. The summed E-state index contributed by atoms with van der Waals surface area (Å²) < 4.78 is 0. The molecule has 0 spiro atoms. The van der Waals surface area contributed by atoms with Crippen LogP contribution in [0.5, 0.6) is 0 Å². The fourth-order valence-electron chi connectivity index (χ4n) is 2.48. The summed E-state index contributed by atoms with van der Waals surface area (Å²) in [5, 5.41) is 12.1. The van der Waals surface area contributed by atoms with Crippen LogP contribution < -0.4 is 0 Å². The molecule has 0 bridgehead atoms. The van der Waals surface area contributed by atoms with E-state index < -0.39 is 0 Å². The van der Waals surface area contributed by atoms with Crippen LogP contribution in [0.15, 0.2) is 34.6 Å². The van der Waals surface area contributed by atoms with Gasteiger partial charge < -0.3 is 0 Å². The lowest BCUT2D eigenvalue weighted by atomic mass is 10.1. The van der Waals surface area contributed by atoms with Crippen molar-refractivity contribution >= 4 is 17.6 Å². The number of nitrogens with zero attached hydrogens (tertiary/aromatic N) is 4. The van der Waals surface area contributed by atoms with Gasteiger partial charge in [-0.05, 0) is 31.1 Å². The van der Waals surface area contributed by atoms with Crippen molar-refractivity contribution in [1.29, 1.82) is 5.26 Å². The van der Waals surface area contributed by atoms with E-state index in [1.807, 2.05) is 18.4 Å². The fourth-order valence-corrected chi connectivity index (χ4v) is 3.28. The first-order chi connectivity index (χ1) is 11.7. The van der Waals surface area contributed by atoms with Crippen molar-refractivity contribution in [3.05, 3.63) is 51.5 Å².